The molecular formula is C11H9FNO3-. The van der Waals surface area contributed by atoms with E-state index in [1.54, 1.807) is 6.07 Å². The Bertz CT molecular complexity index is 429. The summed E-state index contributed by atoms with van der Waals surface area (Å²) in [5.74, 6) is -2.45. The van der Waals surface area contributed by atoms with Crippen LogP contribution in [0.1, 0.15) is 5.56 Å². The van der Waals surface area contributed by atoms with Gasteiger partial charge in [0.1, 0.15) is 5.82 Å². The van der Waals surface area contributed by atoms with Crippen LogP contribution >= 0.6 is 0 Å². The largest absolute Gasteiger partial charge is 0.548 e. The summed E-state index contributed by atoms with van der Waals surface area (Å²) in [5.41, 5.74) is 0.256. The van der Waals surface area contributed by atoms with Crippen LogP contribution in [0.3, 0.4) is 0 Å². The molecule has 1 aromatic carbocycles. The molecule has 16 heavy (non-hydrogen) atoms. The van der Waals surface area contributed by atoms with E-state index in [-0.39, 0.29) is 5.56 Å². The first-order valence-corrected chi connectivity index (χ1v) is 4.50. The van der Waals surface area contributed by atoms with Crippen molar-refractivity contribution in [2.45, 2.75) is 0 Å². The summed E-state index contributed by atoms with van der Waals surface area (Å²) in [4.78, 5) is 21.0. The van der Waals surface area contributed by atoms with E-state index in [1.165, 1.54) is 24.3 Å². The fraction of sp³-hybridized carbons (Fsp3) is 0.0909. The second-order valence-electron chi connectivity index (χ2n) is 2.94. The molecule has 4 nitrogen and oxygen atoms in total. The molecule has 1 aromatic rings. The molecule has 1 amide bonds. The van der Waals surface area contributed by atoms with Gasteiger partial charge in [0.25, 0.3) is 0 Å². The van der Waals surface area contributed by atoms with E-state index in [0.717, 1.165) is 6.08 Å². The zero-order chi connectivity index (χ0) is 12.0. The Morgan fingerprint density at radius 3 is 2.69 bits per heavy atom. The van der Waals surface area contributed by atoms with Crippen LogP contribution in [-0.4, -0.2) is 18.4 Å². The molecule has 0 heterocycles. The second kappa shape index (κ2) is 5.65. The van der Waals surface area contributed by atoms with Gasteiger partial charge in [-0.1, -0.05) is 18.2 Å². The summed E-state index contributed by atoms with van der Waals surface area (Å²) >= 11 is 0. The monoisotopic (exact) mass is 222 g/mol. The number of benzene rings is 1. The zero-order valence-electron chi connectivity index (χ0n) is 8.27. The Labute approximate surface area is 91.4 Å². The van der Waals surface area contributed by atoms with Crippen molar-refractivity contribution >= 4 is 18.0 Å². The van der Waals surface area contributed by atoms with Crippen LogP contribution in [0.4, 0.5) is 4.39 Å². The maximum atomic E-state index is 13.1. The Kier molecular flexibility index (Phi) is 4.20. The number of nitrogens with one attached hydrogen (secondary N) is 1. The maximum Gasteiger partial charge on any atom is 0.244 e. The van der Waals surface area contributed by atoms with Crippen LogP contribution in [0.25, 0.3) is 6.08 Å². The summed E-state index contributed by atoms with van der Waals surface area (Å²) in [6.07, 6.45) is 2.32. The number of carbonyl (C=O) groups is 2. The summed E-state index contributed by atoms with van der Waals surface area (Å²) in [6.45, 7) is -0.569. The molecule has 1 N–H and O–H groups in total. The van der Waals surface area contributed by atoms with Gasteiger partial charge in [0.15, 0.2) is 0 Å². The van der Waals surface area contributed by atoms with Gasteiger partial charge in [-0.25, -0.2) is 4.39 Å². The summed E-state index contributed by atoms with van der Waals surface area (Å²) in [6, 6.07) is 5.92. The van der Waals surface area contributed by atoms with Gasteiger partial charge >= 0.3 is 0 Å². The fourth-order valence-corrected chi connectivity index (χ4v) is 0.994. The van der Waals surface area contributed by atoms with E-state index in [4.69, 9.17) is 0 Å². The summed E-state index contributed by atoms with van der Waals surface area (Å²) in [7, 11) is 0. The topological polar surface area (TPSA) is 69.2 Å². The molecule has 0 bridgehead atoms. The number of carboxylic acids is 1. The lowest BCUT2D eigenvalue weighted by atomic mass is 10.2. The Hall–Kier alpha value is -2.17. The number of aliphatic carboxylic acids is 1. The molecule has 0 aliphatic heterocycles. The molecule has 5 heteroatoms. The average Bonchev–Trinajstić information content (AvgIpc) is 2.25. The molecule has 0 radical (unpaired) electrons. The van der Waals surface area contributed by atoms with Gasteiger partial charge < -0.3 is 15.2 Å². The van der Waals surface area contributed by atoms with E-state index >= 15 is 0 Å². The van der Waals surface area contributed by atoms with Crippen LogP contribution in [0, 0.1) is 5.82 Å². The molecule has 0 aliphatic rings. The highest BCUT2D eigenvalue weighted by atomic mass is 19.1. The molecular weight excluding hydrogens is 213 g/mol. The molecule has 0 aromatic heterocycles. The fourth-order valence-electron chi connectivity index (χ4n) is 0.994. The Balaban J connectivity index is 2.57. The van der Waals surface area contributed by atoms with E-state index in [0.29, 0.717) is 0 Å². The molecule has 0 saturated carbocycles. The normalized spacial score (nSPS) is 10.3. The van der Waals surface area contributed by atoms with Crippen molar-refractivity contribution in [2.24, 2.45) is 0 Å². The third kappa shape index (κ3) is 3.91. The number of hydrogen-bond acceptors (Lipinski definition) is 3. The molecule has 84 valence electrons. The van der Waals surface area contributed by atoms with Gasteiger partial charge in [-0.3, -0.25) is 4.79 Å². The van der Waals surface area contributed by atoms with Crippen LogP contribution < -0.4 is 10.4 Å². The number of amides is 1. The standard InChI is InChI=1S/C11H10FNO3/c12-9-4-2-1-3-8(9)5-6-10(14)13-7-11(15)16/h1-6H,7H2,(H,13,14)(H,15,16)/p-1. The second-order valence-corrected chi connectivity index (χ2v) is 2.94. The highest BCUT2D eigenvalue weighted by Crippen LogP contribution is 2.07. The van der Waals surface area contributed by atoms with Gasteiger partial charge in [0.2, 0.25) is 5.91 Å². The molecule has 0 spiro atoms. The third-order valence-electron chi connectivity index (χ3n) is 1.73. The molecule has 0 saturated heterocycles. The van der Waals surface area contributed by atoms with Crippen molar-refractivity contribution in [3.8, 4) is 0 Å². The first kappa shape index (κ1) is 11.9. The highest BCUT2D eigenvalue weighted by molar-refractivity contribution is 5.93. The number of rotatable bonds is 4. The first-order valence-electron chi connectivity index (χ1n) is 4.50. The molecule has 0 atom stereocenters. The van der Waals surface area contributed by atoms with E-state index in [1.807, 2.05) is 0 Å². The lowest BCUT2D eigenvalue weighted by molar-refractivity contribution is -0.303. The van der Waals surface area contributed by atoms with Gasteiger partial charge in [-0.15, -0.1) is 0 Å². The number of carboxylic acid groups (broad SMARTS) is 1. The zero-order valence-corrected chi connectivity index (χ0v) is 8.27. The highest BCUT2D eigenvalue weighted by Gasteiger charge is 1.97. The van der Waals surface area contributed by atoms with Gasteiger partial charge in [-0.05, 0) is 12.1 Å². The molecule has 0 aliphatic carbocycles. The van der Waals surface area contributed by atoms with Crippen molar-refractivity contribution in [1.29, 1.82) is 0 Å². The molecule has 1 rings (SSSR count). The lowest BCUT2D eigenvalue weighted by Crippen LogP contribution is -2.36. The van der Waals surface area contributed by atoms with Gasteiger partial charge in [0.05, 0.1) is 12.5 Å². The van der Waals surface area contributed by atoms with E-state index in [9.17, 15) is 19.1 Å². The SMILES string of the molecule is O=C([O-])CNC(=O)C=Cc1ccccc1F. The number of halogens is 1. The minimum absolute atomic E-state index is 0.256. The van der Waals surface area contributed by atoms with Crippen molar-refractivity contribution in [2.75, 3.05) is 6.54 Å². The van der Waals surface area contributed by atoms with Crippen LogP contribution in [0.15, 0.2) is 30.3 Å². The van der Waals surface area contributed by atoms with Crippen LogP contribution in [0.2, 0.25) is 0 Å². The maximum absolute atomic E-state index is 13.1. The Morgan fingerprint density at radius 2 is 2.06 bits per heavy atom. The van der Waals surface area contributed by atoms with Crippen molar-refractivity contribution in [3.63, 3.8) is 0 Å². The summed E-state index contributed by atoms with van der Waals surface area (Å²) < 4.78 is 13.1. The molecule has 0 unspecified atom stereocenters. The van der Waals surface area contributed by atoms with Crippen molar-refractivity contribution < 1.29 is 19.1 Å². The predicted octanol–water partition coefficient (Wildman–Crippen LogP) is -0.295. The molecule has 0 fully saturated rings. The summed E-state index contributed by atoms with van der Waals surface area (Å²) in [5, 5.41) is 12.1. The number of hydrogen-bond donors (Lipinski definition) is 1. The van der Waals surface area contributed by atoms with Crippen molar-refractivity contribution in [3.05, 3.63) is 41.7 Å². The number of carbonyl (C=O) groups excluding carboxylic acids is 2. The van der Waals surface area contributed by atoms with Crippen molar-refractivity contribution in [1.82, 2.24) is 5.32 Å². The quantitative estimate of drug-likeness (QED) is 0.711. The first-order chi connectivity index (χ1) is 7.59. The smallest absolute Gasteiger partial charge is 0.244 e. The average molecular weight is 222 g/mol. The van der Waals surface area contributed by atoms with Gasteiger partial charge in [-0.2, -0.15) is 0 Å². The van der Waals surface area contributed by atoms with Gasteiger partial charge in [0, 0.05) is 11.6 Å². The minimum Gasteiger partial charge on any atom is -0.548 e. The Morgan fingerprint density at radius 1 is 1.38 bits per heavy atom. The van der Waals surface area contributed by atoms with E-state index in [2.05, 4.69) is 5.32 Å². The predicted molar refractivity (Wildman–Crippen MR) is 53.5 cm³/mol. The third-order valence-corrected chi connectivity index (χ3v) is 1.73. The van der Waals surface area contributed by atoms with Crippen LogP contribution in [-0.2, 0) is 9.59 Å². The van der Waals surface area contributed by atoms with E-state index < -0.39 is 24.2 Å². The minimum atomic E-state index is -1.38. The lowest BCUT2D eigenvalue weighted by Gasteiger charge is -2.01. The van der Waals surface area contributed by atoms with Crippen LogP contribution in [0.5, 0.6) is 0 Å².